The Labute approximate surface area is 137 Å². The molecule has 0 aliphatic heterocycles. The highest BCUT2D eigenvalue weighted by Gasteiger charge is 2.12. The van der Waals surface area contributed by atoms with Crippen LogP contribution in [-0.2, 0) is 26.2 Å². The highest BCUT2D eigenvalue weighted by atomic mass is 35.5. The van der Waals surface area contributed by atoms with Crippen molar-refractivity contribution in [2.75, 3.05) is 0 Å². The zero-order valence-corrected chi connectivity index (χ0v) is 14.0. The van der Waals surface area contributed by atoms with Gasteiger partial charge >= 0.3 is 0 Å². The van der Waals surface area contributed by atoms with Gasteiger partial charge < -0.3 is 10.4 Å². The van der Waals surface area contributed by atoms with Gasteiger partial charge in [0.2, 0.25) is 0 Å². The molecule has 0 atom stereocenters. The largest absolute Gasteiger partial charge is 0.392 e. The number of aryl methyl sites for hydroxylation is 2. The molecule has 0 bridgehead atoms. The molecule has 0 aliphatic carbocycles. The lowest BCUT2D eigenvalue weighted by molar-refractivity contribution is 0.280. The molecule has 0 saturated heterocycles. The van der Waals surface area contributed by atoms with E-state index < -0.39 is 0 Å². The first-order valence-corrected chi connectivity index (χ1v) is 8.15. The molecule has 0 amide bonds. The Morgan fingerprint density at radius 3 is 2.64 bits per heavy atom. The standard InChI is InChI=1S/C17H24ClN3O/c1-3-4-9-21-17(18)16(13(2)20-21)11-19-10-14-7-5-6-8-15(14)12-22/h5-8,19,22H,3-4,9-12H2,1-2H3. The van der Waals surface area contributed by atoms with Gasteiger partial charge in [-0.2, -0.15) is 5.10 Å². The minimum atomic E-state index is 0.0621. The molecule has 22 heavy (non-hydrogen) atoms. The van der Waals surface area contributed by atoms with Crippen molar-refractivity contribution >= 4 is 11.6 Å². The number of aliphatic hydroxyl groups is 1. The molecule has 0 aliphatic rings. The molecule has 0 spiro atoms. The lowest BCUT2D eigenvalue weighted by atomic mass is 10.1. The van der Waals surface area contributed by atoms with E-state index in [0.717, 1.165) is 46.9 Å². The number of hydrogen-bond donors (Lipinski definition) is 2. The Bertz CT molecular complexity index is 610. The van der Waals surface area contributed by atoms with Crippen LogP contribution in [0.15, 0.2) is 24.3 Å². The maximum atomic E-state index is 9.35. The number of halogens is 1. The summed E-state index contributed by atoms with van der Waals surface area (Å²) in [4.78, 5) is 0. The summed E-state index contributed by atoms with van der Waals surface area (Å²) in [5.74, 6) is 0. The third kappa shape index (κ3) is 4.09. The minimum Gasteiger partial charge on any atom is -0.392 e. The van der Waals surface area contributed by atoms with Crippen LogP contribution in [0.4, 0.5) is 0 Å². The van der Waals surface area contributed by atoms with Crippen molar-refractivity contribution in [3.05, 3.63) is 51.8 Å². The first-order valence-electron chi connectivity index (χ1n) is 7.77. The summed E-state index contributed by atoms with van der Waals surface area (Å²) in [7, 11) is 0. The Morgan fingerprint density at radius 1 is 1.23 bits per heavy atom. The van der Waals surface area contributed by atoms with Crippen LogP contribution in [0.1, 0.15) is 42.1 Å². The summed E-state index contributed by atoms with van der Waals surface area (Å²) >= 11 is 6.43. The number of aliphatic hydroxyl groups excluding tert-OH is 1. The second-order valence-corrected chi connectivity index (χ2v) is 5.82. The molecule has 5 heteroatoms. The van der Waals surface area contributed by atoms with Gasteiger partial charge in [0.05, 0.1) is 12.3 Å². The van der Waals surface area contributed by atoms with Crippen LogP contribution >= 0.6 is 11.6 Å². The molecule has 1 heterocycles. The van der Waals surface area contributed by atoms with Gasteiger partial charge in [0, 0.05) is 25.2 Å². The summed E-state index contributed by atoms with van der Waals surface area (Å²) in [6.45, 7) is 6.46. The normalized spacial score (nSPS) is 11.1. The predicted molar refractivity (Wildman–Crippen MR) is 89.8 cm³/mol. The number of nitrogens with one attached hydrogen (secondary N) is 1. The van der Waals surface area contributed by atoms with E-state index in [1.807, 2.05) is 35.9 Å². The van der Waals surface area contributed by atoms with Crippen LogP contribution in [0.25, 0.3) is 0 Å². The minimum absolute atomic E-state index is 0.0621. The van der Waals surface area contributed by atoms with Crippen LogP contribution in [0.2, 0.25) is 5.15 Å². The predicted octanol–water partition coefficient (Wildman–Crippen LogP) is 3.43. The molecule has 120 valence electrons. The Hall–Kier alpha value is -1.36. The fraction of sp³-hybridized carbons (Fsp3) is 0.471. The van der Waals surface area contributed by atoms with Gasteiger partial charge in [-0.25, -0.2) is 0 Å². The zero-order chi connectivity index (χ0) is 15.9. The summed E-state index contributed by atoms with van der Waals surface area (Å²) in [5.41, 5.74) is 4.09. The maximum absolute atomic E-state index is 9.35. The van der Waals surface area contributed by atoms with Crippen molar-refractivity contribution in [2.45, 2.75) is 52.9 Å². The summed E-state index contributed by atoms with van der Waals surface area (Å²) in [6, 6.07) is 7.89. The molecule has 2 rings (SSSR count). The molecule has 2 N–H and O–H groups in total. The number of rotatable bonds is 8. The molecule has 0 radical (unpaired) electrons. The van der Waals surface area contributed by atoms with Gasteiger partial charge in [-0.3, -0.25) is 4.68 Å². The van der Waals surface area contributed by atoms with Crippen molar-refractivity contribution in [3.8, 4) is 0 Å². The Kier molecular flexibility index (Phi) is 6.43. The van der Waals surface area contributed by atoms with Crippen LogP contribution < -0.4 is 5.32 Å². The third-order valence-electron chi connectivity index (χ3n) is 3.81. The number of hydrogen-bond acceptors (Lipinski definition) is 3. The molecular formula is C17H24ClN3O. The van der Waals surface area contributed by atoms with Crippen LogP contribution in [0.3, 0.4) is 0 Å². The zero-order valence-electron chi connectivity index (χ0n) is 13.3. The fourth-order valence-electron chi connectivity index (χ4n) is 2.45. The quantitative estimate of drug-likeness (QED) is 0.783. The highest BCUT2D eigenvalue weighted by molar-refractivity contribution is 6.30. The fourth-order valence-corrected chi connectivity index (χ4v) is 2.78. The van der Waals surface area contributed by atoms with Crippen LogP contribution in [0.5, 0.6) is 0 Å². The van der Waals surface area contributed by atoms with Gasteiger partial charge in [0.1, 0.15) is 5.15 Å². The topological polar surface area (TPSA) is 50.1 Å². The number of aromatic nitrogens is 2. The average Bonchev–Trinajstić information content (AvgIpc) is 2.80. The van der Waals surface area contributed by atoms with Crippen LogP contribution in [-0.4, -0.2) is 14.9 Å². The second-order valence-electron chi connectivity index (χ2n) is 5.46. The first-order chi connectivity index (χ1) is 10.7. The number of benzene rings is 1. The average molecular weight is 322 g/mol. The first kappa shape index (κ1) is 17.0. The Balaban J connectivity index is 1.98. The Morgan fingerprint density at radius 2 is 1.95 bits per heavy atom. The van der Waals surface area contributed by atoms with E-state index in [1.165, 1.54) is 0 Å². The number of unbranched alkanes of at least 4 members (excludes halogenated alkanes) is 1. The second kappa shape index (κ2) is 8.32. The van der Waals surface area contributed by atoms with Crippen LogP contribution in [0, 0.1) is 6.92 Å². The molecule has 1 aromatic carbocycles. The van der Waals surface area contributed by atoms with Crippen molar-refractivity contribution < 1.29 is 5.11 Å². The molecule has 0 fully saturated rings. The van der Waals surface area contributed by atoms with Crippen molar-refractivity contribution in [2.24, 2.45) is 0 Å². The summed E-state index contributed by atoms with van der Waals surface area (Å²) < 4.78 is 1.89. The van der Waals surface area contributed by atoms with E-state index >= 15 is 0 Å². The van der Waals surface area contributed by atoms with Crippen molar-refractivity contribution in [3.63, 3.8) is 0 Å². The van der Waals surface area contributed by atoms with E-state index in [4.69, 9.17) is 11.6 Å². The third-order valence-corrected chi connectivity index (χ3v) is 4.24. The summed E-state index contributed by atoms with van der Waals surface area (Å²) in [5, 5.41) is 18.0. The van der Waals surface area contributed by atoms with Gasteiger partial charge in [-0.15, -0.1) is 0 Å². The van der Waals surface area contributed by atoms with Gasteiger partial charge in [-0.05, 0) is 24.5 Å². The van der Waals surface area contributed by atoms with Gasteiger partial charge in [0.15, 0.2) is 0 Å². The lowest BCUT2D eigenvalue weighted by Gasteiger charge is -2.09. The van der Waals surface area contributed by atoms with E-state index in [1.54, 1.807) is 0 Å². The van der Waals surface area contributed by atoms with E-state index in [2.05, 4.69) is 17.3 Å². The van der Waals surface area contributed by atoms with Gasteiger partial charge in [-0.1, -0.05) is 49.2 Å². The molecule has 1 aromatic heterocycles. The van der Waals surface area contributed by atoms with E-state index in [9.17, 15) is 5.11 Å². The number of nitrogens with zero attached hydrogens (tertiary/aromatic N) is 2. The van der Waals surface area contributed by atoms with E-state index in [-0.39, 0.29) is 6.61 Å². The maximum Gasteiger partial charge on any atom is 0.131 e. The molecule has 0 unspecified atom stereocenters. The molecule has 4 nitrogen and oxygen atoms in total. The van der Waals surface area contributed by atoms with E-state index in [0.29, 0.717) is 13.1 Å². The molecule has 2 aromatic rings. The SMILES string of the molecule is CCCCn1nc(C)c(CNCc2ccccc2CO)c1Cl. The molecular weight excluding hydrogens is 298 g/mol. The van der Waals surface area contributed by atoms with Crippen molar-refractivity contribution in [1.29, 1.82) is 0 Å². The lowest BCUT2D eigenvalue weighted by Crippen LogP contribution is -2.14. The molecule has 0 saturated carbocycles. The monoisotopic (exact) mass is 321 g/mol. The highest BCUT2D eigenvalue weighted by Crippen LogP contribution is 2.20. The summed E-state index contributed by atoms with van der Waals surface area (Å²) in [6.07, 6.45) is 2.21. The van der Waals surface area contributed by atoms with Crippen molar-refractivity contribution in [1.82, 2.24) is 15.1 Å². The van der Waals surface area contributed by atoms with Gasteiger partial charge in [0.25, 0.3) is 0 Å². The smallest absolute Gasteiger partial charge is 0.131 e.